The van der Waals surface area contributed by atoms with Gasteiger partial charge in [0.05, 0.1) is 18.9 Å². The summed E-state index contributed by atoms with van der Waals surface area (Å²) in [6.07, 6.45) is 0.792. The van der Waals surface area contributed by atoms with Crippen LogP contribution in [0.5, 0.6) is 0 Å². The molecule has 0 spiro atoms. The number of morpholine rings is 1. The summed E-state index contributed by atoms with van der Waals surface area (Å²) in [5, 5.41) is 9.58. The number of hydrazine groups is 1. The smallest absolute Gasteiger partial charge is 0.338 e. The number of nitrogens with zero attached hydrogens (tertiary/aromatic N) is 4. The summed E-state index contributed by atoms with van der Waals surface area (Å²) in [6, 6.07) is 29.1. The van der Waals surface area contributed by atoms with Gasteiger partial charge < -0.3 is 9.64 Å². The first-order chi connectivity index (χ1) is 19.1. The number of hydrogen-bond acceptors (Lipinski definition) is 6. The molecule has 1 aliphatic heterocycles. The monoisotopic (exact) mass is 541 g/mol. The van der Waals surface area contributed by atoms with Crippen LogP contribution >= 0.6 is 11.3 Å². The molecule has 2 heterocycles. The van der Waals surface area contributed by atoms with Crippen molar-refractivity contribution >= 4 is 28.2 Å². The van der Waals surface area contributed by atoms with Crippen LogP contribution in [0.1, 0.15) is 23.5 Å². The molecule has 4 aromatic rings. The molecule has 202 valence electrons. The van der Waals surface area contributed by atoms with Crippen molar-refractivity contribution in [2.75, 3.05) is 57.2 Å². The molecule has 39 heavy (non-hydrogen) atoms. The summed E-state index contributed by atoms with van der Waals surface area (Å²) in [4.78, 5) is 20.4. The van der Waals surface area contributed by atoms with E-state index in [0.717, 1.165) is 23.4 Å². The Bertz CT molecular complexity index is 1280. The predicted molar refractivity (Wildman–Crippen MR) is 159 cm³/mol. The first-order valence-electron chi connectivity index (χ1n) is 13.3. The predicted octanol–water partition coefficient (Wildman–Crippen LogP) is 6.18. The lowest BCUT2D eigenvalue weighted by Crippen LogP contribution is -2.53. The summed E-state index contributed by atoms with van der Waals surface area (Å²) in [6.45, 7) is 3.14. The van der Waals surface area contributed by atoms with Gasteiger partial charge in [-0.25, -0.2) is 14.8 Å². The van der Waals surface area contributed by atoms with E-state index in [4.69, 9.17) is 9.72 Å². The highest BCUT2D eigenvalue weighted by atomic mass is 32.1. The molecule has 5 rings (SSSR count). The molecule has 3 aromatic carbocycles. The number of benzene rings is 3. The summed E-state index contributed by atoms with van der Waals surface area (Å²) in [5.74, 6) is 0.181. The molecule has 7 nitrogen and oxygen atoms in total. The van der Waals surface area contributed by atoms with E-state index in [0.29, 0.717) is 38.0 Å². The second kappa shape index (κ2) is 12.9. The highest BCUT2D eigenvalue weighted by Crippen LogP contribution is 2.30. The Morgan fingerprint density at radius 1 is 0.949 bits per heavy atom. The lowest BCUT2D eigenvalue weighted by molar-refractivity contribution is -0.0606. The number of rotatable bonds is 9. The number of nitrogens with one attached hydrogen (secondary N) is 1. The third-order valence-electron chi connectivity index (χ3n) is 6.99. The maximum atomic E-state index is 13.7. The van der Waals surface area contributed by atoms with Gasteiger partial charge in [0, 0.05) is 56.3 Å². The fourth-order valence-corrected chi connectivity index (χ4v) is 5.57. The minimum Gasteiger partial charge on any atom is -0.379 e. The molecule has 0 saturated carbocycles. The van der Waals surface area contributed by atoms with Crippen LogP contribution in [-0.4, -0.2) is 68.0 Å². The van der Waals surface area contributed by atoms with Crippen LogP contribution in [0.4, 0.5) is 15.6 Å². The van der Waals surface area contributed by atoms with Crippen molar-refractivity contribution in [2.45, 2.75) is 12.3 Å². The molecule has 1 aromatic heterocycles. The summed E-state index contributed by atoms with van der Waals surface area (Å²) in [7, 11) is 4.04. The number of hydrogen-bond donors (Lipinski definition) is 1. The van der Waals surface area contributed by atoms with Crippen molar-refractivity contribution in [2.24, 2.45) is 0 Å². The van der Waals surface area contributed by atoms with Crippen molar-refractivity contribution in [3.63, 3.8) is 0 Å². The van der Waals surface area contributed by atoms with E-state index < -0.39 is 0 Å². The van der Waals surface area contributed by atoms with Gasteiger partial charge in [0.25, 0.3) is 0 Å². The van der Waals surface area contributed by atoms with Crippen molar-refractivity contribution in [1.29, 1.82) is 0 Å². The minimum atomic E-state index is -0.166. The van der Waals surface area contributed by atoms with E-state index in [1.807, 2.05) is 36.6 Å². The maximum Gasteiger partial charge on any atom is 0.338 e. The summed E-state index contributed by atoms with van der Waals surface area (Å²) in [5.41, 5.74) is 5.50. The SMILES string of the molecule is CN(C)c1ccc(-c2csc(NC(=O)N(CCC(c3ccccc3)c3ccccc3)N3CCOCC3)n2)cc1. The Balaban J connectivity index is 1.32. The van der Waals surface area contributed by atoms with Gasteiger partial charge in [-0.05, 0) is 29.7 Å². The van der Waals surface area contributed by atoms with Gasteiger partial charge in [-0.1, -0.05) is 72.8 Å². The van der Waals surface area contributed by atoms with E-state index in [1.165, 1.54) is 22.5 Å². The Morgan fingerprint density at radius 2 is 1.56 bits per heavy atom. The standard InChI is InChI=1S/C31H35N5O2S/c1-34(2)27-15-13-26(14-16-27)29-23-39-30(32-29)33-31(37)36(35-19-21-38-22-20-35)18-17-28(24-9-5-3-6-10-24)25-11-7-4-8-12-25/h3-16,23,28H,17-22H2,1-2H3,(H,32,33,37). The molecule has 0 unspecified atom stereocenters. The highest BCUT2D eigenvalue weighted by Gasteiger charge is 2.26. The van der Waals surface area contributed by atoms with Gasteiger partial charge in [0.1, 0.15) is 0 Å². The van der Waals surface area contributed by atoms with Crippen molar-refractivity contribution in [1.82, 2.24) is 15.0 Å². The first kappa shape index (κ1) is 26.9. The average Bonchev–Trinajstić information content (AvgIpc) is 3.45. The third-order valence-corrected chi connectivity index (χ3v) is 7.75. The summed E-state index contributed by atoms with van der Waals surface area (Å²) >= 11 is 1.44. The number of amides is 2. The Labute approximate surface area is 234 Å². The zero-order valence-corrected chi connectivity index (χ0v) is 23.3. The number of anilines is 2. The molecule has 1 N–H and O–H groups in total. The molecule has 0 bridgehead atoms. The molecule has 0 aliphatic carbocycles. The molecule has 0 radical (unpaired) electrons. The molecular weight excluding hydrogens is 506 g/mol. The topological polar surface area (TPSA) is 60.9 Å². The van der Waals surface area contributed by atoms with Crippen LogP contribution in [0.3, 0.4) is 0 Å². The molecule has 1 saturated heterocycles. The highest BCUT2D eigenvalue weighted by molar-refractivity contribution is 7.14. The zero-order valence-electron chi connectivity index (χ0n) is 22.5. The van der Waals surface area contributed by atoms with Crippen LogP contribution in [0.15, 0.2) is 90.3 Å². The van der Waals surface area contributed by atoms with Gasteiger partial charge in [-0.15, -0.1) is 11.3 Å². The fourth-order valence-electron chi connectivity index (χ4n) is 4.86. The van der Waals surface area contributed by atoms with Gasteiger partial charge in [0.15, 0.2) is 5.13 Å². The van der Waals surface area contributed by atoms with E-state index in [9.17, 15) is 4.79 Å². The van der Waals surface area contributed by atoms with Gasteiger partial charge in [0.2, 0.25) is 0 Å². The van der Waals surface area contributed by atoms with Crippen LogP contribution in [0.2, 0.25) is 0 Å². The van der Waals surface area contributed by atoms with Gasteiger partial charge >= 0.3 is 6.03 Å². The normalized spacial score (nSPS) is 13.8. The Hall–Kier alpha value is -3.72. The second-order valence-electron chi connectivity index (χ2n) is 9.76. The minimum absolute atomic E-state index is 0.166. The maximum absolute atomic E-state index is 13.7. The third kappa shape index (κ3) is 6.84. The van der Waals surface area contributed by atoms with E-state index in [-0.39, 0.29) is 11.9 Å². The van der Waals surface area contributed by atoms with Gasteiger partial charge in [-0.3, -0.25) is 10.3 Å². The van der Waals surface area contributed by atoms with Crippen LogP contribution in [0.25, 0.3) is 11.3 Å². The van der Waals surface area contributed by atoms with E-state index >= 15 is 0 Å². The lowest BCUT2D eigenvalue weighted by Gasteiger charge is -2.37. The Kier molecular flexibility index (Phi) is 8.88. The second-order valence-corrected chi connectivity index (χ2v) is 10.6. The van der Waals surface area contributed by atoms with Crippen LogP contribution in [0, 0.1) is 0 Å². The quantitative estimate of drug-likeness (QED) is 0.274. The summed E-state index contributed by atoms with van der Waals surface area (Å²) < 4.78 is 5.57. The molecular formula is C31H35N5O2S. The van der Waals surface area contributed by atoms with Crippen molar-refractivity contribution in [3.05, 3.63) is 101 Å². The largest absolute Gasteiger partial charge is 0.379 e. The van der Waals surface area contributed by atoms with E-state index in [1.54, 1.807) is 0 Å². The molecule has 8 heteroatoms. The number of thiazole rings is 1. The lowest BCUT2D eigenvalue weighted by atomic mass is 9.88. The molecule has 1 fully saturated rings. The number of carbonyl (C=O) groups is 1. The number of carbonyl (C=O) groups excluding carboxylic acids is 1. The van der Waals surface area contributed by atoms with Crippen molar-refractivity contribution < 1.29 is 9.53 Å². The number of aromatic nitrogens is 1. The van der Waals surface area contributed by atoms with Crippen molar-refractivity contribution in [3.8, 4) is 11.3 Å². The molecule has 0 atom stereocenters. The van der Waals surface area contributed by atoms with Gasteiger partial charge in [-0.2, -0.15) is 0 Å². The molecule has 2 amide bonds. The molecule has 1 aliphatic rings. The number of urea groups is 1. The first-order valence-corrected chi connectivity index (χ1v) is 14.2. The van der Waals surface area contributed by atoms with E-state index in [2.05, 4.69) is 88.0 Å². The fraction of sp³-hybridized carbons (Fsp3) is 0.290. The van der Waals surface area contributed by atoms with Crippen LogP contribution in [-0.2, 0) is 4.74 Å². The average molecular weight is 542 g/mol. The zero-order chi connectivity index (χ0) is 27.0. The Morgan fingerprint density at radius 3 is 2.15 bits per heavy atom. The van der Waals surface area contributed by atoms with Crippen LogP contribution < -0.4 is 10.2 Å². The number of ether oxygens (including phenoxy) is 1.